The molecule has 0 aliphatic carbocycles. The second kappa shape index (κ2) is 10.1. The lowest BCUT2D eigenvalue weighted by atomic mass is 10.1. The van der Waals surface area contributed by atoms with Gasteiger partial charge in [0, 0.05) is 70.7 Å². The molecular formula is C24H33N5O2. The SMILES string of the molecule is COc1ccc(C)cc1CN1CCN(CC(=O)N2CCN(c3ccccn3)CC2)CC1. The van der Waals surface area contributed by atoms with E-state index in [1.54, 1.807) is 7.11 Å². The van der Waals surface area contributed by atoms with Crippen LogP contribution in [0.5, 0.6) is 5.75 Å². The highest BCUT2D eigenvalue weighted by Crippen LogP contribution is 2.22. The number of benzene rings is 1. The van der Waals surface area contributed by atoms with E-state index in [2.05, 4.69) is 38.7 Å². The number of aryl methyl sites for hydroxylation is 1. The maximum Gasteiger partial charge on any atom is 0.236 e. The highest BCUT2D eigenvalue weighted by molar-refractivity contribution is 5.78. The highest BCUT2D eigenvalue weighted by Gasteiger charge is 2.25. The minimum absolute atomic E-state index is 0.245. The molecule has 2 aliphatic heterocycles. The molecule has 166 valence electrons. The van der Waals surface area contributed by atoms with Gasteiger partial charge in [0.05, 0.1) is 13.7 Å². The van der Waals surface area contributed by atoms with E-state index in [-0.39, 0.29) is 5.91 Å². The van der Waals surface area contributed by atoms with E-state index < -0.39 is 0 Å². The van der Waals surface area contributed by atoms with E-state index in [4.69, 9.17) is 4.74 Å². The second-order valence-electron chi connectivity index (χ2n) is 8.42. The van der Waals surface area contributed by atoms with Gasteiger partial charge in [0.25, 0.3) is 0 Å². The number of ether oxygens (including phenoxy) is 1. The zero-order valence-electron chi connectivity index (χ0n) is 18.7. The fourth-order valence-corrected chi connectivity index (χ4v) is 4.39. The van der Waals surface area contributed by atoms with Crippen molar-refractivity contribution >= 4 is 11.7 Å². The molecule has 0 unspecified atom stereocenters. The van der Waals surface area contributed by atoms with Gasteiger partial charge in [-0.3, -0.25) is 14.6 Å². The van der Waals surface area contributed by atoms with E-state index in [1.165, 1.54) is 11.1 Å². The fraction of sp³-hybridized carbons (Fsp3) is 0.500. The van der Waals surface area contributed by atoms with Crippen LogP contribution in [-0.4, -0.2) is 91.6 Å². The number of anilines is 1. The normalized spacial score (nSPS) is 18.3. The summed E-state index contributed by atoms with van der Waals surface area (Å²) in [6.45, 7) is 10.5. The third-order valence-electron chi connectivity index (χ3n) is 6.26. The number of piperazine rings is 2. The molecule has 0 spiro atoms. The van der Waals surface area contributed by atoms with Crippen molar-refractivity contribution in [2.45, 2.75) is 13.5 Å². The first kappa shape index (κ1) is 21.6. The molecule has 1 aromatic carbocycles. The smallest absolute Gasteiger partial charge is 0.236 e. The third-order valence-corrected chi connectivity index (χ3v) is 6.26. The molecule has 2 fully saturated rings. The number of amides is 1. The second-order valence-corrected chi connectivity index (χ2v) is 8.42. The zero-order chi connectivity index (χ0) is 21.6. The minimum atomic E-state index is 0.245. The lowest BCUT2D eigenvalue weighted by Gasteiger charge is -2.38. The average Bonchev–Trinajstić information content (AvgIpc) is 2.81. The van der Waals surface area contributed by atoms with Gasteiger partial charge >= 0.3 is 0 Å². The maximum atomic E-state index is 12.8. The molecule has 3 heterocycles. The predicted molar refractivity (Wildman–Crippen MR) is 122 cm³/mol. The number of methoxy groups -OCH3 is 1. The van der Waals surface area contributed by atoms with Gasteiger partial charge in [-0.2, -0.15) is 0 Å². The van der Waals surface area contributed by atoms with Crippen molar-refractivity contribution in [1.82, 2.24) is 19.7 Å². The number of nitrogens with zero attached hydrogens (tertiary/aromatic N) is 5. The number of carbonyl (C=O) groups excluding carboxylic acids is 1. The first-order valence-corrected chi connectivity index (χ1v) is 11.1. The Labute approximate surface area is 185 Å². The van der Waals surface area contributed by atoms with Gasteiger partial charge in [0.2, 0.25) is 5.91 Å². The van der Waals surface area contributed by atoms with Crippen LogP contribution < -0.4 is 9.64 Å². The predicted octanol–water partition coefficient (Wildman–Crippen LogP) is 1.87. The van der Waals surface area contributed by atoms with Crippen molar-refractivity contribution in [3.05, 3.63) is 53.7 Å². The summed E-state index contributed by atoms with van der Waals surface area (Å²) in [5.74, 6) is 2.19. The summed E-state index contributed by atoms with van der Waals surface area (Å²) in [5, 5.41) is 0. The molecule has 7 heteroatoms. The topological polar surface area (TPSA) is 52.2 Å². The van der Waals surface area contributed by atoms with E-state index in [9.17, 15) is 4.79 Å². The van der Waals surface area contributed by atoms with Crippen LogP contribution in [0.3, 0.4) is 0 Å². The minimum Gasteiger partial charge on any atom is -0.496 e. The molecule has 4 rings (SSSR count). The summed E-state index contributed by atoms with van der Waals surface area (Å²) >= 11 is 0. The van der Waals surface area contributed by atoms with Crippen molar-refractivity contribution < 1.29 is 9.53 Å². The van der Waals surface area contributed by atoms with Crippen LogP contribution in [0.1, 0.15) is 11.1 Å². The molecule has 2 aliphatic rings. The summed E-state index contributed by atoms with van der Waals surface area (Å²) < 4.78 is 5.52. The average molecular weight is 424 g/mol. The summed E-state index contributed by atoms with van der Waals surface area (Å²) in [4.78, 5) is 26.2. The molecule has 0 saturated carbocycles. The molecule has 0 bridgehead atoms. The quantitative estimate of drug-likeness (QED) is 0.707. The lowest BCUT2D eigenvalue weighted by Crippen LogP contribution is -2.53. The highest BCUT2D eigenvalue weighted by atomic mass is 16.5. The molecule has 2 aromatic rings. The lowest BCUT2D eigenvalue weighted by molar-refractivity contribution is -0.133. The van der Waals surface area contributed by atoms with Crippen LogP contribution in [0.2, 0.25) is 0 Å². The van der Waals surface area contributed by atoms with E-state index >= 15 is 0 Å². The van der Waals surface area contributed by atoms with Gasteiger partial charge < -0.3 is 14.5 Å². The molecular weight excluding hydrogens is 390 g/mol. The van der Waals surface area contributed by atoms with E-state index in [1.807, 2.05) is 35.4 Å². The molecule has 0 N–H and O–H groups in total. The number of aromatic nitrogens is 1. The molecule has 0 atom stereocenters. The van der Waals surface area contributed by atoms with Gasteiger partial charge in [0.15, 0.2) is 0 Å². The summed E-state index contributed by atoms with van der Waals surface area (Å²) in [6.07, 6.45) is 1.82. The number of rotatable bonds is 6. The molecule has 2 saturated heterocycles. The van der Waals surface area contributed by atoms with Crippen LogP contribution in [0.4, 0.5) is 5.82 Å². The van der Waals surface area contributed by atoms with Crippen LogP contribution in [0.15, 0.2) is 42.6 Å². The fourth-order valence-electron chi connectivity index (χ4n) is 4.39. The van der Waals surface area contributed by atoms with Crippen molar-refractivity contribution in [1.29, 1.82) is 0 Å². The maximum absolute atomic E-state index is 12.8. The molecule has 1 amide bonds. The van der Waals surface area contributed by atoms with E-state index in [0.717, 1.165) is 70.5 Å². The van der Waals surface area contributed by atoms with Crippen molar-refractivity contribution in [2.24, 2.45) is 0 Å². The summed E-state index contributed by atoms with van der Waals surface area (Å²) in [6, 6.07) is 12.3. The van der Waals surface area contributed by atoms with Crippen molar-refractivity contribution in [3.8, 4) is 5.75 Å². The Kier molecular flexibility index (Phi) is 7.04. The van der Waals surface area contributed by atoms with Crippen molar-refractivity contribution in [3.63, 3.8) is 0 Å². The number of carbonyl (C=O) groups is 1. The van der Waals surface area contributed by atoms with Gasteiger partial charge in [-0.1, -0.05) is 23.8 Å². The van der Waals surface area contributed by atoms with Gasteiger partial charge in [-0.15, -0.1) is 0 Å². The first-order chi connectivity index (χ1) is 15.1. The Morgan fingerprint density at radius 3 is 2.39 bits per heavy atom. The standard InChI is InChI=1S/C24H33N5O2/c1-20-6-7-22(31-2)21(17-20)18-26-9-11-27(12-10-26)19-24(30)29-15-13-28(14-16-29)23-5-3-4-8-25-23/h3-8,17H,9-16,18-19H2,1-2H3. The Bertz CT molecular complexity index is 860. The molecule has 0 radical (unpaired) electrons. The first-order valence-electron chi connectivity index (χ1n) is 11.1. The number of hydrogen-bond donors (Lipinski definition) is 0. The van der Waals surface area contributed by atoms with Gasteiger partial charge in [0.1, 0.15) is 11.6 Å². The largest absolute Gasteiger partial charge is 0.496 e. The summed E-state index contributed by atoms with van der Waals surface area (Å²) in [7, 11) is 1.73. The van der Waals surface area contributed by atoms with Crippen LogP contribution in [-0.2, 0) is 11.3 Å². The van der Waals surface area contributed by atoms with Crippen LogP contribution >= 0.6 is 0 Å². The Morgan fingerprint density at radius 1 is 0.968 bits per heavy atom. The van der Waals surface area contributed by atoms with Gasteiger partial charge in [-0.25, -0.2) is 4.98 Å². The number of hydrogen-bond acceptors (Lipinski definition) is 6. The van der Waals surface area contributed by atoms with Gasteiger partial charge in [-0.05, 0) is 25.1 Å². The Hall–Kier alpha value is -2.64. The summed E-state index contributed by atoms with van der Waals surface area (Å²) in [5.41, 5.74) is 2.49. The molecule has 31 heavy (non-hydrogen) atoms. The molecule has 7 nitrogen and oxygen atoms in total. The Balaban J connectivity index is 1.21. The third kappa shape index (κ3) is 5.54. The van der Waals surface area contributed by atoms with E-state index in [0.29, 0.717) is 6.54 Å². The monoisotopic (exact) mass is 423 g/mol. The number of pyridine rings is 1. The van der Waals surface area contributed by atoms with Crippen LogP contribution in [0.25, 0.3) is 0 Å². The van der Waals surface area contributed by atoms with Crippen LogP contribution in [0, 0.1) is 6.92 Å². The zero-order valence-corrected chi connectivity index (χ0v) is 18.7. The molecule has 1 aromatic heterocycles. The van der Waals surface area contributed by atoms with Crippen molar-refractivity contribution in [2.75, 3.05) is 70.9 Å². The Morgan fingerprint density at radius 2 is 1.71 bits per heavy atom.